The van der Waals surface area contributed by atoms with Gasteiger partial charge >= 0.3 is 0 Å². The van der Waals surface area contributed by atoms with Crippen LogP contribution >= 0.6 is 0 Å². The van der Waals surface area contributed by atoms with Crippen LogP contribution in [0.15, 0.2) is 48.7 Å². The van der Waals surface area contributed by atoms with E-state index in [0.717, 1.165) is 28.3 Å². The Bertz CT molecular complexity index is 795. The average molecular weight is 285 g/mol. The molecule has 0 aliphatic heterocycles. The van der Waals surface area contributed by atoms with E-state index in [2.05, 4.69) is 27.1 Å². The number of fused-ring (bicyclic) bond motifs is 1. The van der Waals surface area contributed by atoms with Gasteiger partial charge in [0.1, 0.15) is 16.6 Å². The zero-order valence-corrected chi connectivity index (χ0v) is 12.1. The Morgan fingerprint density at radius 2 is 2.00 bits per heavy atom. The summed E-state index contributed by atoms with van der Waals surface area (Å²) in [5.74, 6) is 0. The minimum absolute atomic E-state index is 0.831. The molecule has 3 rings (SSSR count). The van der Waals surface area contributed by atoms with Gasteiger partial charge in [-0.15, -0.1) is 0 Å². The van der Waals surface area contributed by atoms with Crippen molar-refractivity contribution in [3.8, 4) is 11.3 Å². The van der Waals surface area contributed by atoms with Crippen molar-refractivity contribution in [2.24, 2.45) is 0 Å². The average Bonchev–Trinajstić information content (AvgIpc) is 2.84. The first kappa shape index (κ1) is 12.9. The van der Waals surface area contributed by atoms with E-state index < -0.39 is 11.0 Å². The van der Waals surface area contributed by atoms with Crippen LogP contribution in [0.4, 0.5) is 5.69 Å². The molecule has 0 bridgehead atoms. The zero-order valence-electron chi connectivity index (χ0n) is 11.3. The van der Waals surface area contributed by atoms with Crippen molar-refractivity contribution in [1.29, 1.82) is 0 Å². The third-order valence-corrected chi connectivity index (χ3v) is 3.64. The summed E-state index contributed by atoms with van der Waals surface area (Å²) in [5, 5.41) is 0. The summed E-state index contributed by atoms with van der Waals surface area (Å²) in [6, 6.07) is 13.8. The molecule has 1 aromatic carbocycles. The molecule has 3 aromatic rings. The number of rotatable bonds is 3. The SMILES string of the molecule is Cc1cccc2nc(-c3cccc(NS(C)=O)c3)cn12. The number of imidazole rings is 1. The summed E-state index contributed by atoms with van der Waals surface area (Å²) in [6.45, 7) is 2.05. The molecule has 0 amide bonds. The van der Waals surface area contributed by atoms with E-state index in [1.165, 1.54) is 0 Å². The molecule has 20 heavy (non-hydrogen) atoms. The Balaban J connectivity index is 2.06. The minimum Gasteiger partial charge on any atom is -0.305 e. The monoisotopic (exact) mass is 285 g/mol. The summed E-state index contributed by atoms with van der Waals surface area (Å²) < 4.78 is 16.2. The lowest BCUT2D eigenvalue weighted by molar-refractivity contribution is 0.690. The van der Waals surface area contributed by atoms with Gasteiger partial charge in [0.05, 0.1) is 5.69 Å². The second kappa shape index (κ2) is 5.09. The number of pyridine rings is 1. The molecule has 0 saturated heterocycles. The van der Waals surface area contributed by atoms with E-state index in [4.69, 9.17) is 0 Å². The molecule has 0 aliphatic rings. The quantitative estimate of drug-likeness (QED) is 0.804. The summed E-state index contributed by atoms with van der Waals surface area (Å²) in [4.78, 5) is 4.62. The lowest BCUT2D eigenvalue weighted by Gasteiger charge is -2.03. The first-order valence-corrected chi connectivity index (χ1v) is 7.84. The summed E-state index contributed by atoms with van der Waals surface area (Å²) in [7, 11) is -1.08. The van der Waals surface area contributed by atoms with Gasteiger partial charge < -0.3 is 9.12 Å². The van der Waals surface area contributed by atoms with Crippen molar-refractivity contribution in [1.82, 2.24) is 9.38 Å². The number of nitrogens with one attached hydrogen (secondary N) is 1. The normalized spacial score (nSPS) is 12.5. The third kappa shape index (κ3) is 2.44. The van der Waals surface area contributed by atoms with Gasteiger partial charge in [0.2, 0.25) is 0 Å². The van der Waals surface area contributed by atoms with E-state index >= 15 is 0 Å². The van der Waals surface area contributed by atoms with Gasteiger partial charge in [-0.05, 0) is 31.2 Å². The molecule has 2 heterocycles. The van der Waals surface area contributed by atoms with Gasteiger partial charge in [0.25, 0.3) is 0 Å². The molecule has 0 aliphatic carbocycles. The molecule has 0 fully saturated rings. The molecule has 1 unspecified atom stereocenters. The second-order valence-corrected chi connectivity index (χ2v) is 5.77. The van der Waals surface area contributed by atoms with Crippen LogP contribution in [-0.4, -0.2) is 19.8 Å². The molecule has 1 atom stereocenters. The topological polar surface area (TPSA) is 46.4 Å². The molecule has 4 nitrogen and oxygen atoms in total. The highest BCUT2D eigenvalue weighted by atomic mass is 32.2. The number of aromatic nitrogens is 2. The smallest absolute Gasteiger partial charge is 0.137 e. The van der Waals surface area contributed by atoms with Crippen molar-refractivity contribution in [2.45, 2.75) is 6.92 Å². The number of hydrogen-bond acceptors (Lipinski definition) is 2. The van der Waals surface area contributed by atoms with Crippen LogP contribution in [0.3, 0.4) is 0 Å². The molecule has 2 aromatic heterocycles. The van der Waals surface area contributed by atoms with Gasteiger partial charge in [-0.2, -0.15) is 0 Å². The standard InChI is InChI=1S/C15H15N3OS/c1-11-5-3-8-15-16-14(10-18(11)15)12-6-4-7-13(9-12)17-20(2)19/h3-10,17H,1-2H3. The van der Waals surface area contributed by atoms with E-state index in [0.29, 0.717) is 0 Å². The van der Waals surface area contributed by atoms with Gasteiger partial charge in [0.15, 0.2) is 0 Å². The van der Waals surface area contributed by atoms with Crippen LogP contribution in [0.25, 0.3) is 16.9 Å². The predicted octanol–water partition coefficient (Wildman–Crippen LogP) is 3.02. The first-order valence-electron chi connectivity index (χ1n) is 6.29. The largest absolute Gasteiger partial charge is 0.305 e. The van der Waals surface area contributed by atoms with E-state index in [1.807, 2.05) is 42.6 Å². The third-order valence-electron chi connectivity index (χ3n) is 3.12. The van der Waals surface area contributed by atoms with Crippen molar-refractivity contribution in [2.75, 3.05) is 11.0 Å². The van der Waals surface area contributed by atoms with Crippen LogP contribution in [0.1, 0.15) is 5.69 Å². The Morgan fingerprint density at radius 1 is 1.20 bits per heavy atom. The van der Waals surface area contributed by atoms with E-state index in [1.54, 1.807) is 6.26 Å². The van der Waals surface area contributed by atoms with Gasteiger partial charge in [-0.3, -0.25) is 0 Å². The Labute approximate surface area is 120 Å². The predicted molar refractivity (Wildman–Crippen MR) is 83.1 cm³/mol. The molecule has 0 saturated carbocycles. The second-order valence-electron chi connectivity index (χ2n) is 4.66. The fourth-order valence-corrected chi connectivity index (χ4v) is 2.65. The van der Waals surface area contributed by atoms with Gasteiger partial charge in [-0.1, -0.05) is 18.2 Å². The van der Waals surface area contributed by atoms with Crippen LogP contribution in [0.5, 0.6) is 0 Å². The zero-order chi connectivity index (χ0) is 14.1. The Kier molecular flexibility index (Phi) is 3.28. The van der Waals surface area contributed by atoms with Crippen LogP contribution in [-0.2, 0) is 11.0 Å². The van der Waals surface area contributed by atoms with Gasteiger partial charge in [0, 0.05) is 29.4 Å². The molecule has 5 heteroatoms. The summed E-state index contributed by atoms with van der Waals surface area (Å²) >= 11 is 0. The highest BCUT2D eigenvalue weighted by molar-refractivity contribution is 7.85. The maximum Gasteiger partial charge on any atom is 0.137 e. The number of anilines is 1. The minimum atomic E-state index is -1.08. The van der Waals surface area contributed by atoms with Crippen LogP contribution in [0, 0.1) is 6.92 Å². The van der Waals surface area contributed by atoms with E-state index in [-0.39, 0.29) is 0 Å². The Hall–Kier alpha value is -2.14. The molecule has 0 radical (unpaired) electrons. The van der Waals surface area contributed by atoms with Crippen LogP contribution < -0.4 is 4.72 Å². The number of aryl methyl sites for hydroxylation is 1. The maximum atomic E-state index is 11.2. The highest BCUT2D eigenvalue weighted by Gasteiger charge is 2.06. The highest BCUT2D eigenvalue weighted by Crippen LogP contribution is 2.23. The first-order chi connectivity index (χ1) is 9.63. The fourth-order valence-electron chi connectivity index (χ4n) is 2.20. The molecule has 1 N–H and O–H groups in total. The fraction of sp³-hybridized carbons (Fsp3) is 0.133. The van der Waals surface area contributed by atoms with E-state index in [9.17, 15) is 4.21 Å². The maximum absolute atomic E-state index is 11.2. The Morgan fingerprint density at radius 3 is 2.75 bits per heavy atom. The van der Waals surface area contributed by atoms with Crippen molar-refractivity contribution < 1.29 is 4.21 Å². The number of hydrogen-bond donors (Lipinski definition) is 1. The number of benzene rings is 1. The summed E-state index contributed by atoms with van der Waals surface area (Å²) in [5.41, 5.74) is 4.81. The molecular formula is C15H15N3OS. The van der Waals surface area contributed by atoms with Gasteiger partial charge in [-0.25, -0.2) is 9.19 Å². The summed E-state index contributed by atoms with van der Waals surface area (Å²) in [6.07, 6.45) is 3.63. The lowest BCUT2D eigenvalue weighted by Crippen LogP contribution is -2.00. The molecule has 102 valence electrons. The van der Waals surface area contributed by atoms with Crippen molar-refractivity contribution in [3.05, 3.63) is 54.4 Å². The van der Waals surface area contributed by atoms with Crippen LogP contribution in [0.2, 0.25) is 0 Å². The number of nitrogens with zero attached hydrogens (tertiary/aromatic N) is 2. The van der Waals surface area contributed by atoms with Crippen molar-refractivity contribution >= 4 is 22.3 Å². The molecular weight excluding hydrogens is 270 g/mol. The lowest BCUT2D eigenvalue weighted by atomic mass is 10.1. The van der Waals surface area contributed by atoms with Crippen molar-refractivity contribution in [3.63, 3.8) is 0 Å². The molecule has 0 spiro atoms.